The van der Waals surface area contributed by atoms with E-state index in [2.05, 4.69) is 19.2 Å². The van der Waals surface area contributed by atoms with Gasteiger partial charge in [0.15, 0.2) is 6.29 Å². The first kappa shape index (κ1) is 55.9. The first-order chi connectivity index (χ1) is 28.8. The number of carbonyl (C=O) groups excluding carboxylic acids is 1. The molecule has 0 spiro atoms. The van der Waals surface area contributed by atoms with Gasteiger partial charge in [-0.2, -0.15) is 0 Å². The minimum atomic E-state index is -1.56. The standard InChI is InChI=1S/C50H97NO8/c1-3-5-7-9-11-13-15-17-19-20-21-22-23-24-25-26-27-29-31-33-35-37-39-44(53)43(42-58-50-49(57)48(56)47(55)45(41-52)59-50)51-46(54)40-38-36-34-32-30-28-18-16-14-12-10-8-6-4-2/h37,39,43-45,47-50,52-53,55-57H,3-36,38,40-42H2,1-2H3,(H,51,54)/b39-37+. The van der Waals surface area contributed by atoms with Crippen molar-refractivity contribution in [1.82, 2.24) is 5.32 Å². The zero-order chi connectivity index (χ0) is 43.0. The molecule has 1 heterocycles. The lowest BCUT2D eigenvalue weighted by Crippen LogP contribution is -2.60. The lowest BCUT2D eigenvalue weighted by molar-refractivity contribution is -0.302. The monoisotopic (exact) mass is 840 g/mol. The molecule has 1 aliphatic rings. The van der Waals surface area contributed by atoms with E-state index in [9.17, 15) is 30.3 Å². The molecule has 0 aliphatic carbocycles. The van der Waals surface area contributed by atoms with E-state index in [4.69, 9.17) is 9.47 Å². The maximum Gasteiger partial charge on any atom is 0.220 e. The third-order valence-corrected chi connectivity index (χ3v) is 12.4. The summed E-state index contributed by atoms with van der Waals surface area (Å²) < 4.78 is 11.2. The van der Waals surface area contributed by atoms with Gasteiger partial charge in [-0.15, -0.1) is 0 Å². The van der Waals surface area contributed by atoms with Crippen molar-refractivity contribution in [2.24, 2.45) is 0 Å². The van der Waals surface area contributed by atoms with Gasteiger partial charge in [0.1, 0.15) is 24.4 Å². The SMILES string of the molecule is CCCCCCCCCCCCCCCCCCCCCC/C=C/C(O)C(COC1OC(CO)C(O)C(O)C1O)NC(=O)CCCCCCCCCCCCCCCC. The minimum Gasteiger partial charge on any atom is -0.394 e. The summed E-state index contributed by atoms with van der Waals surface area (Å²) in [5, 5.41) is 54.3. The minimum absolute atomic E-state index is 0.173. The second-order valence-electron chi connectivity index (χ2n) is 18.0. The largest absolute Gasteiger partial charge is 0.394 e. The van der Waals surface area contributed by atoms with Crippen molar-refractivity contribution in [2.45, 2.75) is 288 Å². The fourth-order valence-electron chi connectivity index (χ4n) is 8.28. The molecule has 1 amide bonds. The first-order valence-corrected chi connectivity index (χ1v) is 25.4. The molecule has 7 unspecified atom stereocenters. The number of allylic oxidation sites excluding steroid dienone is 1. The second kappa shape index (κ2) is 41.0. The lowest BCUT2D eigenvalue weighted by Gasteiger charge is -2.40. The Morgan fingerprint density at radius 2 is 0.932 bits per heavy atom. The van der Waals surface area contributed by atoms with Crippen LogP contribution in [0.25, 0.3) is 0 Å². The third-order valence-electron chi connectivity index (χ3n) is 12.4. The van der Waals surface area contributed by atoms with Gasteiger partial charge in [0.25, 0.3) is 0 Å². The van der Waals surface area contributed by atoms with Crippen LogP contribution in [-0.4, -0.2) is 87.5 Å². The highest BCUT2D eigenvalue weighted by atomic mass is 16.7. The molecular formula is C50H97NO8. The predicted octanol–water partition coefficient (Wildman–Crippen LogP) is 11.3. The molecule has 9 heteroatoms. The summed E-state index contributed by atoms with van der Waals surface area (Å²) >= 11 is 0. The number of aliphatic hydroxyl groups excluding tert-OH is 5. The summed E-state index contributed by atoms with van der Waals surface area (Å²) in [6.45, 7) is 3.80. The van der Waals surface area contributed by atoms with E-state index in [0.29, 0.717) is 6.42 Å². The van der Waals surface area contributed by atoms with Crippen LogP contribution < -0.4 is 5.32 Å². The van der Waals surface area contributed by atoms with E-state index in [1.54, 1.807) is 6.08 Å². The van der Waals surface area contributed by atoms with Crippen LogP contribution in [0.5, 0.6) is 0 Å². The van der Waals surface area contributed by atoms with Gasteiger partial charge in [-0.25, -0.2) is 0 Å². The Morgan fingerprint density at radius 3 is 1.32 bits per heavy atom. The van der Waals surface area contributed by atoms with Crippen molar-refractivity contribution >= 4 is 5.91 Å². The molecule has 7 atom stereocenters. The maximum absolute atomic E-state index is 13.0. The van der Waals surface area contributed by atoms with Crippen LogP contribution in [-0.2, 0) is 14.3 Å². The Hall–Kier alpha value is -1.07. The van der Waals surface area contributed by atoms with Crippen molar-refractivity contribution in [3.63, 3.8) is 0 Å². The number of nitrogens with one attached hydrogen (secondary N) is 1. The summed E-state index contributed by atoms with van der Waals surface area (Å²) in [7, 11) is 0. The Labute approximate surface area is 363 Å². The molecule has 0 radical (unpaired) electrons. The maximum atomic E-state index is 13.0. The number of unbranched alkanes of at least 4 members (excludes halogenated alkanes) is 33. The van der Waals surface area contributed by atoms with Crippen molar-refractivity contribution in [3.05, 3.63) is 12.2 Å². The zero-order valence-electron chi connectivity index (χ0n) is 38.5. The molecule has 0 aromatic rings. The average Bonchev–Trinajstić information content (AvgIpc) is 3.23. The summed E-state index contributed by atoms with van der Waals surface area (Å²) in [5.74, 6) is -0.173. The van der Waals surface area contributed by atoms with Gasteiger partial charge in [0.2, 0.25) is 5.91 Å². The lowest BCUT2D eigenvalue weighted by atomic mass is 9.99. The van der Waals surface area contributed by atoms with Crippen LogP contribution in [0.2, 0.25) is 0 Å². The normalized spacial score (nSPS) is 20.7. The van der Waals surface area contributed by atoms with Crippen molar-refractivity contribution in [2.75, 3.05) is 13.2 Å². The van der Waals surface area contributed by atoms with E-state index < -0.39 is 49.5 Å². The molecule has 1 aliphatic heterocycles. The molecule has 9 nitrogen and oxygen atoms in total. The molecule has 350 valence electrons. The van der Waals surface area contributed by atoms with Crippen molar-refractivity contribution < 1.29 is 39.8 Å². The Balaban J connectivity index is 2.28. The Morgan fingerprint density at radius 1 is 0.559 bits per heavy atom. The number of rotatable bonds is 43. The number of aliphatic hydroxyl groups is 5. The van der Waals surface area contributed by atoms with Crippen LogP contribution in [0.15, 0.2) is 12.2 Å². The van der Waals surface area contributed by atoms with Gasteiger partial charge in [0, 0.05) is 6.42 Å². The molecule has 0 aromatic carbocycles. The summed E-state index contributed by atoms with van der Waals surface area (Å²) in [4.78, 5) is 13.0. The summed E-state index contributed by atoms with van der Waals surface area (Å²) in [6, 6.07) is -0.798. The zero-order valence-corrected chi connectivity index (χ0v) is 38.5. The summed E-state index contributed by atoms with van der Waals surface area (Å²) in [6.07, 6.45) is 41.2. The molecule has 59 heavy (non-hydrogen) atoms. The fourth-order valence-corrected chi connectivity index (χ4v) is 8.28. The van der Waals surface area contributed by atoms with Gasteiger partial charge < -0.3 is 40.3 Å². The van der Waals surface area contributed by atoms with Gasteiger partial charge in [0.05, 0.1) is 25.4 Å². The predicted molar refractivity (Wildman–Crippen MR) is 244 cm³/mol. The number of carbonyl (C=O) groups is 1. The number of hydrogen-bond donors (Lipinski definition) is 6. The van der Waals surface area contributed by atoms with E-state index in [1.807, 2.05) is 6.08 Å². The van der Waals surface area contributed by atoms with Crippen LogP contribution in [0, 0.1) is 0 Å². The molecule has 0 aromatic heterocycles. The molecule has 0 bridgehead atoms. The van der Waals surface area contributed by atoms with E-state index in [0.717, 1.165) is 38.5 Å². The molecule has 1 rings (SSSR count). The first-order valence-electron chi connectivity index (χ1n) is 25.4. The number of ether oxygens (including phenoxy) is 2. The molecular weight excluding hydrogens is 743 g/mol. The van der Waals surface area contributed by atoms with E-state index in [1.165, 1.54) is 186 Å². The molecule has 0 saturated carbocycles. The average molecular weight is 840 g/mol. The fraction of sp³-hybridized carbons (Fsp3) is 0.940. The summed E-state index contributed by atoms with van der Waals surface area (Å²) in [5.41, 5.74) is 0. The van der Waals surface area contributed by atoms with Gasteiger partial charge in [-0.1, -0.05) is 231 Å². The second-order valence-corrected chi connectivity index (χ2v) is 18.0. The highest BCUT2D eigenvalue weighted by molar-refractivity contribution is 5.76. The van der Waals surface area contributed by atoms with Gasteiger partial charge in [-0.05, 0) is 19.3 Å². The smallest absolute Gasteiger partial charge is 0.220 e. The molecule has 1 fully saturated rings. The van der Waals surface area contributed by atoms with E-state index in [-0.39, 0.29) is 12.5 Å². The van der Waals surface area contributed by atoms with Crippen LogP contribution in [0.1, 0.15) is 245 Å². The third kappa shape index (κ3) is 31.4. The topological polar surface area (TPSA) is 149 Å². The molecule has 1 saturated heterocycles. The van der Waals surface area contributed by atoms with Gasteiger partial charge >= 0.3 is 0 Å². The highest BCUT2D eigenvalue weighted by Gasteiger charge is 2.44. The highest BCUT2D eigenvalue weighted by Crippen LogP contribution is 2.23. The van der Waals surface area contributed by atoms with Crippen molar-refractivity contribution in [3.8, 4) is 0 Å². The van der Waals surface area contributed by atoms with Crippen LogP contribution in [0.3, 0.4) is 0 Å². The number of hydrogen-bond acceptors (Lipinski definition) is 8. The Kier molecular flexibility index (Phi) is 38.9. The quantitative estimate of drug-likeness (QED) is 0.0263. The van der Waals surface area contributed by atoms with Crippen molar-refractivity contribution in [1.29, 1.82) is 0 Å². The molecule has 6 N–H and O–H groups in total. The Bertz CT molecular complexity index is 935. The van der Waals surface area contributed by atoms with E-state index >= 15 is 0 Å². The van der Waals surface area contributed by atoms with Crippen LogP contribution in [0.4, 0.5) is 0 Å². The number of amides is 1. The van der Waals surface area contributed by atoms with Crippen LogP contribution >= 0.6 is 0 Å². The van der Waals surface area contributed by atoms with Gasteiger partial charge in [-0.3, -0.25) is 4.79 Å².